The van der Waals surface area contributed by atoms with Crippen LogP contribution in [0.1, 0.15) is 25.8 Å². The molecule has 3 heteroatoms. The van der Waals surface area contributed by atoms with Gasteiger partial charge in [-0.1, -0.05) is 50.1 Å². The fourth-order valence-corrected chi connectivity index (χ4v) is 2.86. The van der Waals surface area contributed by atoms with Crippen molar-refractivity contribution in [3.8, 4) is 0 Å². The average molecular weight is 258 g/mol. The number of hydrogen-bond acceptors (Lipinski definition) is 2. The first-order valence-corrected chi connectivity index (χ1v) is 7.25. The van der Waals surface area contributed by atoms with Gasteiger partial charge in [0.1, 0.15) is 0 Å². The van der Waals surface area contributed by atoms with Crippen LogP contribution in [0.25, 0.3) is 0 Å². The molecule has 2 N–H and O–H groups in total. The van der Waals surface area contributed by atoms with Gasteiger partial charge in [0.2, 0.25) is 0 Å². The van der Waals surface area contributed by atoms with E-state index in [-0.39, 0.29) is 6.04 Å². The minimum Gasteiger partial charge on any atom is -0.327 e. The van der Waals surface area contributed by atoms with E-state index in [9.17, 15) is 0 Å². The highest BCUT2D eigenvalue weighted by molar-refractivity contribution is 7.98. The lowest BCUT2D eigenvalue weighted by molar-refractivity contribution is 0.475. The van der Waals surface area contributed by atoms with Gasteiger partial charge in [0.15, 0.2) is 0 Å². The van der Waals surface area contributed by atoms with Crippen molar-refractivity contribution in [3.05, 3.63) is 34.9 Å². The Labute approximate surface area is 108 Å². The lowest BCUT2D eigenvalue weighted by atomic mass is 10.0. The summed E-state index contributed by atoms with van der Waals surface area (Å²) in [6.07, 6.45) is 1.15. The molecule has 90 valence electrons. The largest absolute Gasteiger partial charge is 0.327 e. The SMILES string of the molecule is CCC(C)C(N)CSCc1ccccc1Cl. The number of halogens is 1. The van der Waals surface area contributed by atoms with E-state index in [0.29, 0.717) is 5.92 Å². The molecule has 0 saturated heterocycles. The number of hydrogen-bond donors (Lipinski definition) is 1. The van der Waals surface area contributed by atoms with E-state index in [1.807, 2.05) is 30.0 Å². The van der Waals surface area contributed by atoms with Gasteiger partial charge >= 0.3 is 0 Å². The maximum absolute atomic E-state index is 6.08. The summed E-state index contributed by atoms with van der Waals surface area (Å²) in [5.41, 5.74) is 7.28. The molecule has 0 aliphatic heterocycles. The van der Waals surface area contributed by atoms with Gasteiger partial charge in [-0.3, -0.25) is 0 Å². The topological polar surface area (TPSA) is 26.0 Å². The Morgan fingerprint density at radius 2 is 2.06 bits per heavy atom. The van der Waals surface area contributed by atoms with E-state index in [4.69, 9.17) is 17.3 Å². The fourth-order valence-electron chi connectivity index (χ4n) is 1.39. The summed E-state index contributed by atoms with van der Waals surface area (Å²) in [6.45, 7) is 4.39. The molecule has 1 aromatic carbocycles. The van der Waals surface area contributed by atoms with Crippen LogP contribution in [0.15, 0.2) is 24.3 Å². The van der Waals surface area contributed by atoms with Crippen LogP contribution >= 0.6 is 23.4 Å². The quantitative estimate of drug-likeness (QED) is 0.835. The zero-order valence-electron chi connectivity index (χ0n) is 9.95. The van der Waals surface area contributed by atoms with Gasteiger partial charge in [0.25, 0.3) is 0 Å². The van der Waals surface area contributed by atoms with Crippen LogP contribution in [-0.2, 0) is 5.75 Å². The second-order valence-corrected chi connectivity index (χ2v) is 5.59. The Morgan fingerprint density at radius 1 is 1.38 bits per heavy atom. The normalized spacial score (nSPS) is 14.8. The minimum absolute atomic E-state index is 0.289. The molecule has 0 bridgehead atoms. The van der Waals surface area contributed by atoms with Crippen LogP contribution in [0.3, 0.4) is 0 Å². The molecule has 0 radical (unpaired) electrons. The van der Waals surface area contributed by atoms with E-state index < -0.39 is 0 Å². The molecule has 2 atom stereocenters. The molecule has 16 heavy (non-hydrogen) atoms. The first kappa shape index (κ1) is 13.9. The lowest BCUT2D eigenvalue weighted by Crippen LogP contribution is -2.30. The molecule has 0 saturated carbocycles. The molecular formula is C13H20ClNS. The summed E-state index contributed by atoms with van der Waals surface area (Å²) in [4.78, 5) is 0. The van der Waals surface area contributed by atoms with Gasteiger partial charge in [0, 0.05) is 22.6 Å². The van der Waals surface area contributed by atoms with Crippen LogP contribution in [0.2, 0.25) is 5.02 Å². The highest BCUT2D eigenvalue weighted by atomic mass is 35.5. The van der Waals surface area contributed by atoms with Crippen molar-refractivity contribution in [2.45, 2.75) is 32.1 Å². The van der Waals surface area contributed by atoms with Crippen molar-refractivity contribution >= 4 is 23.4 Å². The Bertz CT molecular complexity index is 317. The Balaban J connectivity index is 2.33. The highest BCUT2D eigenvalue weighted by Gasteiger charge is 2.10. The van der Waals surface area contributed by atoms with Gasteiger partial charge < -0.3 is 5.73 Å². The third-order valence-corrected chi connectivity index (χ3v) is 4.41. The maximum atomic E-state index is 6.08. The number of benzene rings is 1. The van der Waals surface area contributed by atoms with Crippen LogP contribution < -0.4 is 5.73 Å². The first-order valence-electron chi connectivity index (χ1n) is 5.71. The van der Waals surface area contributed by atoms with Crippen LogP contribution in [0, 0.1) is 5.92 Å². The third kappa shape index (κ3) is 4.36. The summed E-state index contributed by atoms with van der Waals surface area (Å²) >= 11 is 7.95. The first-order chi connectivity index (χ1) is 7.65. The maximum Gasteiger partial charge on any atom is 0.0446 e. The van der Waals surface area contributed by atoms with Crippen molar-refractivity contribution in [2.24, 2.45) is 11.7 Å². The van der Waals surface area contributed by atoms with E-state index in [0.717, 1.165) is 22.9 Å². The minimum atomic E-state index is 0.289. The smallest absolute Gasteiger partial charge is 0.0446 e. The fraction of sp³-hybridized carbons (Fsp3) is 0.538. The average Bonchev–Trinajstić information content (AvgIpc) is 2.30. The summed E-state index contributed by atoms with van der Waals surface area (Å²) in [5, 5.41) is 0.854. The second kappa shape index (κ2) is 7.21. The summed E-state index contributed by atoms with van der Waals surface area (Å²) in [5.74, 6) is 2.54. The second-order valence-electron chi connectivity index (χ2n) is 4.16. The zero-order valence-corrected chi connectivity index (χ0v) is 11.5. The molecule has 0 heterocycles. The molecular weight excluding hydrogens is 238 g/mol. The predicted molar refractivity (Wildman–Crippen MR) is 75.0 cm³/mol. The van der Waals surface area contributed by atoms with E-state index in [1.165, 1.54) is 5.56 Å². The number of thioether (sulfide) groups is 1. The lowest BCUT2D eigenvalue weighted by Gasteiger charge is -2.17. The van der Waals surface area contributed by atoms with Crippen molar-refractivity contribution < 1.29 is 0 Å². The molecule has 0 fully saturated rings. The zero-order chi connectivity index (χ0) is 12.0. The summed E-state index contributed by atoms with van der Waals surface area (Å²) in [7, 11) is 0. The molecule has 1 nitrogen and oxygen atoms in total. The number of nitrogens with two attached hydrogens (primary N) is 1. The molecule has 0 amide bonds. The third-order valence-electron chi connectivity index (χ3n) is 2.90. The molecule has 0 aromatic heterocycles. The van der Waals surface area contributed by atoms with Gasteiger partial charge in [-0.2, -0.15) is 11.8 Å². The van der Waals surface area contributed by atoms with E-state index in [2.05, 4.69) is 19.9 Å². The highest BCUT2D eigenvalue weighted by Crippen LogP contribution is 2.22. The standard InChI is InChI=1S/C13H20ClNS/c1-3-10(2)13(15)9-16-8-11-6-4-5-7-12(11)14/h4-7,10,13H,3,8-9,15H2,1-2H3. The van der Waals surface area contributed by atoms with Gasteiger partial charge in [-0.05, 0) is 17.5 Å². The predicted octanol–water partition coefficient (Wildman–Crippen LogP) is 3.95. The Morgan fingerprint density at radius 3 is 2.69 bits per heavy atom. The van der Waals surface area contributed by atoms with Crippen molar-refractivity contribution in [1.29, 1.82) is 0 Å². The van der Waals surface area contributed by atoms with Crippen LogP contribution in [0.5, 0.6) is 0 Å². The molecule has 1 aromatic rings. The van der Waals surface area contributed by atoms with Gasteiger partial charge in [-0.25, -0.2) is 0 Å². The van der Waals surface area contributed by atoms with Crippen LogP contribution in [-0.4, -0.2) is 11.8 Å². The molecule has 2 unspecified atom stereocenters. The summed E-state index contributed by atoms with van der Waals surface area (Å²) < 4.78 is 0. The Hall–Kier alpha value is -0.180. The van der Waals surface area contributed by atoms with Crippen molar-refractivity contribution in [1.82, 2.24) is 0 Å². The number of rotatable bonds is 6. The molecule has 0 aliphatic carbocycles. The van der Waals surface area contributed by atoms with Gasteiger partial charge in [-0.15, -0.1) is 0 Å². The van der Waals surface area contributed by atoms with Crippen LogP contribution in [0.4, 0.5) is 0 Å². The van der Waals surface area contributed by atoms with Crippen molar-refractivity contribution in [2.75, 3.05) is 5.75 Å². The van der Waals surface area contributed by atoms with Gasteiger partial charge in [0.05, 0.1) is 0 Å². The molecule has 1 rings (SSSR count). The van der Waals surface area contributed by atoms with E-state index >= 15 is 0 Å². The van der Waals surface area contributed by atoms with Crippen molar-refractivity contribution in [3.63, 3.8) is 0 Å². The van der Waals surface area contributed by atoms with E-state index in [1.54, 1.807) is 0 Å². The Kier molecular flexibility index (Phi) is 6.25. The molecule has 0 aliphatic rings. The monoisotopic (exact) mass is 257 g/mol. The summed E-state index contributed by atoms with van der Waals surface area (Å²) in [6, 6.07) is 8.28. The molecule has 0 spiro atoms.